The zero-order valence-corrected chi connectivity index (χ0v) is 8.72. The van der Waals surface area contributed by atoms with E-state index in [0.29, 0.717) is 6.54 Å². The number of nitrogens with two attached hydrogens (primary N) is 1. The fraction of sp³-hybridized carbons (Fsp3) is 0.273. The first-order valence-corrected chi connectivity index (χ1v) is 5.02. The van der Waals surface area contributed by atoms with Gasteiger partial charge in [0.25, 0.3) is 0 Å². The molecule has 0 unspecified atom stereocenters. The summed E-state index contributed by atoms with van der Waals surface area (Å²) in [5.41, 5.74) is 7.42. The van der Waals surface area contributed by atoms with Crippen LogP contribution in [0.1, 0.15) is 18.4 Å². The van der Waals surface area contributed by atoms with Gasteiger partial charge in [-0.05, 0) is 12.1 Å². The molecule has 2 heterocycles. The van der Waals surface area contributed by atoms with Gasteiger partial charge in [0.1, 0.15) is 5.82 Å². The van der Waals surface area contributed by atoms with Gasteiger partial charge in [0.15, 0.2) is 0 Å². The lowest BCUT2D eigenvalue weighted by molar-refractivity contribution is 0.880. The summed E-state index contributed by atoms with van der Waals surface area (Å²) in [7, 11) is 0. The number of hydrogen-bond donors (Lipinski definition) is 1. The third kappa shape index (κ3) is 1.89. The van der Waals surface area contributed by atoms with E-state index in [9.17, 15) is 0 Å². The number of aromatic nitrogens is 3. The fourth-order valence-corrected chi connectivity index (χ4v) is 1.51. The lowest BCUT2D eigenvalue weighted by Gasteiger charge is -2.06. The van der Waals surface area contributed by atoms with E-state index in [1.165, 1.54) is 0 Å². The van der Waals surface area contributed by atoms with Crippen LogP contribution in [0.15, 0.2) is 30.7 Å². The van der Waals surface area contributed by atoms with Gasteiger partial charge in [-0.1, -0.05) is 6.92 Å². The van der Waals surface area contributed by atoms with E-state index in [1.807, 2.05) is 29.1 Å². The molecule has 0 radical (unpaired) electrons. The van der Waals surface area contributed by atoms with Gasteiger partial charge in [-0.15, -0.1) is 0 Å². The standard InChI is InChI=1S/C11H14N4/c1-2-11-13-5-6-15(11)10-4-3-9(7-12)14-8-10/h3-6,8H,2,7,12H2,1H3. The van der Waals surface area contributed by atoms with Gasteiger partial charge >= 0.3 is 0 Å². The lowest BCUT2D eigenvalue weighted by atomic mass is 10.3. The minimum Gasteiger partial charge on any atom is -0.325 e. The predicted molar refractivity (Wildman–Crippen MR) is 58.6 cm³/mol. The molecule has 0 saturated heterocycles. The van der Waals surface area contributed by atoms with Crippen LogP contribution in [-0.4, -0.2) is 14.5 Å². The summed E-state index contributed by atoms with van der Waals surface area (Å²) in [5.74, 6) is 1.04. The van der Waals surface area contributed by atoms with Gasteiger partial charge < -0.3 is 10.3 Å². The molecule has 2 rings (SSSR count). The maximum absolute atomic E-state index is 5.49. The van der Waals surface area contributed by atoms with Gasteiger partial charge in [-0.2, -0.15) is 0 Å². The van der Waals surface area contributed by atoms with Crippen molar-refractivity contribution in [3.63, 3.8) is 0 Å². The molecular formula is C11H14N4. The molecular weight excluding hydrogens is 188 g/mol. The number of nitrogens with zero attached hydrogens (tertiary/aromatic N) is 3. The number of imidazole rings is 1. The Balaban J connectivity index is 2.37. The van der Waals surface area contributed by atoms with Gasteiger partial charge in [0, 0.05) is 25.4 Å². The first kappa shape index (κ1) is 9.86. The predicted octanol–water partition coefficient (Wildman–Crippen LogP) is 1.29. The molecule has 0 fully saturated rings. The van der Waals surface area contributed by atoms with Gasteiger partial charge in [-0.25, -0.2) is 4.98 Å². The molecule has 2 aromatic heterocycles. The van der Waals surface area contributed by atoms with E-state index in [1.54, 1.807) is 6.20 Å². The zero-order valence-electron chi connectivity index (χ0n) is 8.72. The summed E-state index contributed by atoms with van der Waals surface area (Å²) in [6, 6.07) is 3.95. The monoisotopic (exact) mass is 202 g/mol. The van der Waals surface area contributed by atoms with Crippen LogP contribution in [0, 0.1) is 0 Å². The molecule has 2 N–H and O–H groups in total. The van der Waals surface area contributed by atoms with E-state index >= 15 is 0 Å². The van der Waals surface area contributed by atoms with Crippen molar-refractivity contribution in [3.8, 4) is 5.69 Å². The van der Waals surface area contributed by atoms with E-state index < -0.39 is 0 Å². The quantitative estimate of drug-likeness (QED) is 0.815. The molecule has 4 nitrogen and oxygen atoms in total. The molecule has 15 heavy (non-hydrogen) atoms. The van der Waals surface area contributed by atoms with Crippen LogP contribution in [0.4, 0.5) is 0 Å². The first-order chi connectivity index (χ1) is 7.35. The minimum atomic E-state index is 0.477. The number of pyridine rings is 1. The van der Waals surface area contributed by atoms with Crippen LogP contribution in [0.5, 0.6) is 0 Å². The maximum Gasteiger partial charge on any atom is 0.112 e. The number of hydrogen-bond acceptors (Lipinski definition) is 3. The highest BCUT2D eigenvalue weighted by Gasteiger charge is 2.02. The van der Waals surface area contributed by atoms with Crippen molar-refractivity contribution in [2.24, 2.45) is 5.73 Å². The molecule has 0 amide bonds. The van der Waals surface area contributed by atoms with E-state index in [2.05, 4.69) is 16.9 Å². The minimum absolute atomic E-state index is 0.477. The SMILES string of the molecule is CCc1nccn1-c1ccc(CN)nc1. The maximum atomic E-state index is 5.49. The van der Waals surface area contributed by atoms with Crippen LogP contribution in [-0.2, 0) is 13.0 Å². The van der Waals surface area contributed by atoms with Gasteiger partial charge in [0.05, 0.1) is 17.6 Å². The second-order valence-corrected chi connectivity index (χ2v) is 3.28. The van der Waals surface area contributed by atoms with Gasteiger partial charge in [-0.3, -0.25) is 4.98 Å². The Morgan fingerprint density at radius 2 is 2.20 bits per heavy atom. The van der Waals surface area contributed by atoms with E-state index in [4.69, 9.17) is 5.73 Å². The Kier molecular flexibility index (Phi) is 2.78. The first-order valence-electron chi connectivity index (χ1n) is 5.02. The van der Waals surface area contributed by atoms with Crippen molar-refractivity contribution in [1.82, 2.24) is 14.5 Å². The van der Waals surface area contributed by atoms with E-state index in [0.717, 1.165) is 23.6 Å². The zero-order chi connectivity index (χ0) is 10.7. The third-order valence-corrected chi connectivity index (χ3v) is 2.33. The Labute approximate surface area is 88.8 Å². The Morgan fingerprint density at radius 3 is 2.80 bits per heavy atom. The highest BCUT2D eigenvalue weighted by Crippen LogP contribution is 2.10. The van der Waals surface area contributed by atoms with Crippen LogP contribution in [0.3, 0.4) is 0 Å². The van der Waals surface area contributed by atoms with Crippen molar-refractivity contribution in [2.45, 2.75) is 19.9 Å². The molecule has 0 aliphatic heterocycles. The van der Waals surface area contributed by atoms with Crippen LogP contribution < -0.4 is 5.73 Å². The molecule has 0 aliphatic carbocycles. The van der Waals surface area contributed by atoms with Crippen molar-refractivity contribution >= 4 is 0 Å². The molecule has 78 valence electrons. The molecule has 0 atom stereocenters. The molecule has 0 saturated carbocycles. The smallest absolute Gasteiger partial charge is 0.112 e. The number of aryl methyl sites for hydroxylation is 1. The molecule has 0 aromatic carbocycles. The Hall–Kier alpha value is -1.68. The van der Waals surface area contributed by atoms with Gasteiger partial charge in [0.2, 0.25) is 0 Å². The van der Waals surface area contributed by atoms with Crippen molar-refractivity contribution in [3.05, 3.63) is 42.2 Å². The lowest BCUT2D eigenvalue weighted by Crippen LogP contribution is -2.02. The van der Waals surface area contributed by atoms with Crippen LogP contribution >= 0.6 is 0 Å². The molecule has 4 heteroatoms. The van der Waals surface area contributed by atoms with Crippen molar-refractivity contribution in [2.75, 3.05) is 0 Å². The Bertz CT molecular complexity index is 430. The second kappa shape index (κ2) is 4.23. The van der Waals surface area contributed by atoms with Crippen LogP contribution in [0.2, 0.25) is 0 Å². The molecule has 0 aliphatic rings. The average molecular weight is 202 g/mol. The Morgan fingerprint density at radius 1 is 1.33 bits per heavy atom. The topological polar surface area (TPSA) is 56.7 Å². The highest BCUT2D eigenvalue weighted by atomic mass is 15.1. The van der Waals surface area contributed by atoms with E-state index in [-0.39, 0.29) is 0 Å². The fourth-order valence-electron chi connectivity index (χ4n) is 1.51. The summed E-state index contributed by atoms with van der Waals surface area (Å²) >= 11 is 0. The number of rotatable bonds is 3. The van der Waals surface area contributed by atoms with Crippen LogP contribution in [0.25, 0.3) is 5.69 Å². The largest absolute Gasteiger partial charge is 0.325 e. The average Bonchev–Trinajstić information content (AvgIpc) is 2.77. The highest BCUT2D eigenvalue weighted by molar-refractivity contribution is 5.31. The summed E-state index contributed by atoms with van der Waals surface area (Å²) in [5, 5.41) is 0. The molecule has 0 spiro atoms. The molecule has 0 bridgehead atoms. The summed E-state index contributed by atoms with van der Waals surface area (Å²) in [6.45, 7) is 2.56. The normalized spacial score (nSPS) is 10.5. The van der Waals surface area contributed by atoms with Crippen molar-refractivity contribution < 1.29 is 0 Å². The summed E-state index contributed by atoms with van der Waals surface area (Å²) in [4.78, 5) is 8.52. The summed E-state index contributed by atoms with van der Waals surface area (Å²) < 4.78 is 2.04. The summed E-state index contributed by atoms with van der Waals surface area (Å²) in [6.07, 6.45) is 6.47. The second-order valence-electron chi connectivity index (χ2n) is 3.28. The van der Waals surface area contributed by atoms with Crippen molar-refractivity contribution in [1.29, 1.82) is 0 Å². The molecule has 2 aromatic rings. The third-order valence-electron chi connectivity index (χ3n) is 2.33.